The molecule has 0 aliphatic carbocycles. The molecule has 4 rings (SSSR count). The van der Waals surface area contributed by atoms with Crippen molar-refractivity contribution < 1.29 is 14.1 Å². The Morgan fingerprint density at radius 3 is 1.68 bits per heavy atom. The Bertz CT molecular complexity index is 1090. The summed E-state index contributed by atoms with van der Waals surface area (Å²) in [6.07, 6.45) is 0. The van der Waals surface area contributed by atoms with Crippen molar-refractivity contribution in [1.82, 2.24) is 21.0 Å². The topological polar surface area (TPSA) is 116 Å². The number of carbonyl (C=O) groups is 1. The number of carbonyl (C=O) groups excluding carboxylic acids is 1. The van der Waals surface area contributed by atoms with Crippen LogP contribution in [0.3, 0.4) is 0 Å². The van der Waals surface area contributed by atoms with Gasteiger partial charge in [-0.25, -0.2) is 10.4 Å². The second-order valence-corrected chi connectivity index (χ2v) is 8.25. The molecule has 0 spiro atoms. The van der Waals surface area contributed by atoms with Gasteiger partial charge in [0.05, 0.1) is 0 Å². The van der Waals surface area contributed by atoms with Crippen LogP contribution in [-0.2, 0) is 9.30 Å². The van der Waals surface area contributed by atoms with E-state index in [4.69, 9.17) is 4.74 Å². The van der Waals surface area contributed by atoms with Crippen molar-refractivity contribution in [3.8, 4) is 0 Å². The van der Waals surface area contributed by atoms with Crippen molar-refractivity contribution in [2.75, 3.05) is 0 Å². The van der Waals surface area contributed by atoms with Crippen molar-refractivity contribution in [2.45, 2.75) is 0 Å². The quantitative estimate of drug-likeness (QED) is 0.363. The van der Waals surface area contributed by atoms with Crippen molar-refractivity contribution in [3.05, 3.63) is 108 Å². The number of amides is 1. The molecule has 3 aromatic rings. The number of benzene rings is 3. The van der Waals surface area contributed by atoms with E-state index < -0.39 is 13.5 Å². The summed E-state index contributed by atoms with van der Waals surface area (Å²) >= 11 is 0. The second kappa shape index (κ2) is 9.25. The molecule has 1 heterocycles. The molecule has 3 aromatic carbocycles. The summed E-state index contributed by atoms with van der Waals surface area (Å²) < 4.78 is 19.2. The van der Waals surface area contributed by atoms with Gasteiger partial charge in [-0.15, -0.1) is 15.4 Å². The van der Waals surface area contributed by atoms with E-state index in [9.17, 15) is 9.36 Å². The molecule has 0 bridgehead atoms. The van der Waals surface area contributed by atoms with E-state index in [2.05, 4.69) is 31.2 Å². The Hall–Kier alpha value is -3.94. The van der Waals surface area contributed by atoms with Crippen molar-refractivity contribution >= 4 is 25.3 Å². The van der Waals surface area contributed by atoms with Crippen molar-refractivity contribution in [1.29, 1.82) is 0 Å². The van der Waals surface area contributed by atoms with Gasteiger partial charge in [0.25, 0.3) is 5.91 Å². The minimum absolute atomic E-state index is 0.168. The third-order valence-corrected chi connectivity index (χ3v) is 5.37. The Labute approximate surface area is 178 Å². The standard InChI is InChI=1S/C21H19N6O3P/c28-19(16-10-4-1-5-11-16)22-25-31(29)26-23-20(17-12-6-2-7-13-17)30-21(24-27-31)18-14-8-3-9-15-18/h1-15H,(H,22,28)(H3,25,26,27,29)/b23-20-,24-21-. The third kappa shape index (κ3) is 5.16. The molecule has 0 atom stereocenters. The highest BCUT2D eigenvalue weighted by Crippen LogP contribution is 2.30. The van der Waals surface area contributed by atoms with Crippen LogP contribution in [0.5, 0.6) is 0 Å². The minimum Gasteiger partial charge on any atom is -0.416 e. The average Bonchev–Trinajstić information content (AvgIpc) is 2.82. The Morgan fingerprint density at radius 1 is 0.742 bits per heavy atom. The SMILES string of the molecule is O=C(NNP1(=O)N/N=C(/c2ccccc2)O/C(c2ccccc2)=N\N1)c1ccccc1. The number of rotatable bonds is 5. The van der Waals surface area contributed by atoms with Crippen LogP contribution in [0.15, 0.2) is 101 Å². The normalized spacial score (nSPS) is 21.4. The number of hydrogen-bond donors (Lipinski definition) is 4. The first-order valence-corrected chi connectivity index (χ1v) is 11.0. The summed E-state index contributed by atoms with van der Waals surface area (Å²) in [5.41, 5.74) is 4.12. The van der Waals surface area contributed by atoms with Crippen molar-refractivity contribution in [2.24, 2.45) is 10.2 Å². The largest absolute Gasteiger partial charge is 0.416 e. The Morgan fingerprint density at radius 2 is 1.19 bits per heavy atom. The van der Waals surface area contributed by atoms with Gasteiger partial charge in [-0.3, -0.25) is 14.8 Å². The van der Waals surface area contributed by atoms with E-state index in [1.807, 2.05) is 36.4 Å². The van der Waals surface area contributed by atoms with E-state index >= 15 is 0 Å². The Kier molecular flexibility index (Phi) is 6.07. The minimum atomic E-state index is -3.71. The van der Waals surface area contributed by atoms with Crippen LogP contribution >= 0.6 is 7.59 Å². The van der Waals surface area contributed by atoms with Crippen LogP contribution in [-0.4, -0.2) is 17.7 Å². The fourth-order valence-corrected chi connectivity index (χ4v) is 3.51. The molecule has 31 heavy (non-hydrogen) atoms. The van der Waals surface area contributed by atoms with Gasteiger partial charge in [-0.05, 0) is 36.4 Å². The molecule has 0 unspecified atom stereocenters. The van der Waals surface area contributed by atoms with E-state index in [0.29, 0.717) is 16.7 Å². The zero-order chi connectivity index (χ0) is 21.5. The molecule has 0 aromatic heterocycles. The molecule has 9 nitrogen and oxygen atoms in total. The van der Waals surface area contributed by atoms with Crippen LogP contribution in [0.1, 0.15) is 21.5 Å². The summed E-state index contributed by atoms with van der Waals surface area (Å²) in [6, 6.07) is 26.8. The maximum Gasteiger partial charge on any atom is 0.376 e. The van der Waals surface area contributed by atoms with Crippen LogP contribution < -0.4 is 21.0 Å². The molecule has 0 saturated carbocycles. The number of nitrogens with zero attached hydrogens (tertiary/aromatic N) is 2. The molecule has 0 radical (unpaired) electrons. The lowest BCUT2D eigenvalue weighted by atomic mass is 10.2. The summed E-state index contributed by atoms with van der Waals surface area (Å²) in [6.45, 7) is 0. The maximum atomic E-state index is 13.3. The van der Waals surface area contributed by atoms with Crippen LogP contribution in [0.2, 0.25) is 0 Å². The molecule has 4 N–H and O–H groups in total. The summed E-state index contributed by atoms with van der Waals surface area (Å²) in [5, 5.41) is 15.8. The fraction of sp³-hybridized carbons (Fsp3) is 0. The predicted molar refractivity (Wildman–Crippen MR) is 118 cm³/mol. The maximum absolute atomic E-state index is 13.3. The van der Waals surface area contributed by atoms with E-state index in [0.717, 1.165) is 0 Å². The lowest BCUT2D eigenvalue weighted by Crippen LogP contribution is -2.42. The molecule has 0 fully saturated rings. The molecule has 0 saturated heterocycles. The Balaban J connectivity index is 1.60. The number of ether oxygens (including phenoxy) is 1. The predicted octanol–water partition coefficient (Wildman–Crippen LogP) is 2.96. The molecular weight excluding hydrogens is 415 g/mol. The average molecular weight is 434 g/mol. The fourth-order valence-electron chi connectivity index (χ4n) is 2.64. The summed E-state index contributed by atoms with van der Waals surface area (Å²) in [5.74, 6) is -0.125. The van der Waals surface area contributed by atoms with Gasteiger partial charge in [-0.2, -0.15) is 0 Å². The van der Waals surface area contributed by atoms with E-state index in [-0.39, 0.29) is 11.8 Å². The molecule has 156 valence electrons. The highest BCUT2D eigenvalue weighted by Gasteiger charge is 2.26. The van der Waals surface area contributed by atoms with Gasteiger partial charge in [0, 0.05) is 16.7 Å². The second-order valence-electron chi connectivity index (χ2n) is 6.41. The smallest absolute Gasteiger partial charge is 0.376 e. The molecule has 1 amide bonds. The molecule has 1 aliphatic rings. The first-order chi connectivity index (χ1) is 15.1. The summed E-state index contributed by atoms with van der Waals surface area (Å²) in [7, 11) is -3.71. The van der Waals surface area contributed by atoms with E-state index in [1.165, 1.54) is 0 Å². The molecule has 1 aliphatic heterocycles. The zero-order valence-corrected chi connectivity index (χ0v) is 17.1. The highest BCUT2D eigenvalue weighted by atomic mass is 31.2. The summed E-state index contributed by atoms with van der Waals surface area (Å²) in [4.78, 5) is 12.3. The third-order valence-electron chi connectivity index (χ3n) is 4.18. The molecular formula is C21H19N6O3P. The van der Waals surface area contributed by atoms with Crippen molar-refractivity contribution in [3.63, 3.8) is 0 Å². The van der Waals surface area contributed by atoms with Gasteiger partial charge in [0.15, 0.2) is 0 Å². The van der Waals surface area contributed by atoms with Gasteiger partial charge in [-0.1, -0.05) is 54.6 Å². The van der Waals surface area contributed by atoms with Gasteiger partial charge < -0.3 is 4.74 Å². The lowest BCUT2D eigenvalue weighted by molar-refractivity contribution is 0.0944. The van der Waals surface area contributed by atoms with E-state index in [1.54, 1.807) is 54.6 Å². The van der Waals surface area contributed by atoms with Gasteiger partial charge in [0.1, 0.15) is 0 Å². The lowest BCUT2D eigenvalue weighted by Gasteiger charge is -2.22. The first-order valence-electron chi connectivity index (χ1n) is 9.34. The van der Waals surface area contributed by atoms with Gasteiger partial charge in [0.2, 0.25) is 11.8 Å². The van der Waals surface area contributed by atoms with Crippen LogP contribution in [0, 0.1) is 0 Å². The molecule has 10 heteroatoms. The zero-order valence-electron chi connectivity index (χ0n) is 16.2. The first kappa shape index (κ1) is 20.3. The number of nitrogens with one attached hydrogen (secondary N) is 4. The number of hydrogen-bond acceptors (Lipinski definition) is 5. The number of hydrazone groups is 2. The highest BCUT2D eigenvalue weighted by molar-refractivity contribution is 7.57. The monoisotopic (exact) mass is 434 g/mol. The van der Waals surface area contributed by atoms with Crippen LogP contribution in [0.4, 0.5) is 0 Å². The van der Waals surface area contributed by atoms with Crippen LogP contribution in [0.25, 0.3) is 0 Å². The number of hydrazine groups is 1. The van der Waals surface area contributed by atoms with Gasteiger partial charge >= 0.3 is 7.59 Å².